The number of nitrogens with zero attached hydrogens (tertiary/aromatic N) is 3. The lowest BCUT2D eigenvalue weighted by molar-refractivity contribution is -0.0662. The molecule has 0 aromatic heterocycles. The molecule has 0 amide bonds. The van der Waals surface area contributed by atoms with E-state index < -0.39 is 0 Å². The first-order chi connectivity index (χ1) is 13.6. The number of hydrogen-bond donors (Lipinski definition) is 0. The Morgan fingerprint density at radius 3 is 2.21 bits per heavy atom. The normalized spacial score (nSPS) is 21.8. The van der Waals surface area contributed by atoms with Gasteiger partial charge in [-0.15, -0.1) is 0 Å². The summed E-state index contributed by atoms with van der Waals surface area (Å²) in [7, 11) is 0. The summed E-state index contributed by atoms with van der Waals surface area (Å²) in [6.45, 7) is 27.1. The third-order valence-corrected chi connectivity index (χ3v) is 4.93. The van der Waals surface area contributed by atoms with Crippen molar-refractivity contribution in [2.45, 2.75) is 60.2 Å². The molecule has 2 atom stereocenters. The Kier molecular flexibility index (Phi) is 9.88. The standard InChI is InChI=1S/C25H37N3O/c1-10-19(5)25(17-27-15-22(8)29-23(9)16-27)28(20(6)11-2)21(7)13-24(14-26)12-18(3)4/h11-13,22-23H,2-3,6,10,15-17H2,1,4-5,7-9H3. The molecular weight excluding hydrogens is 358 g/mol. The molecule has 158 valence electrons. The predicted molar refractivity (Wildman–Crippen MR) is 123 cm³/mol. The van der Waals surface area contributed by atoms with Gasteiger partial charge in [-0.2, -0.15) is 5.26 Å². The molecule has 0 bridgehead atoms. The molecule has 0 radical (unpaired) electrons. The van der Waals surface area contributed by atoms with Crippen LogP contribution >= 0.6 is 0 Å². The lowest BCUT2D eigenvalue weighted by Crippen LogP contribution is -2.47. The molecule has 0 saturated carbocycles. The van der Waals surface area contributed by atoms with Gasteiger partial charge in [0.15, 0.2) is 0 Å². The van der Waals surface area contributed by atoms with Gasteiger partial charge in [0.2, 0.25) is 0 Å². The predicted octanol–water partition coefficient (Wildman–Crippen LogP) is 5.71. The van der Waals surface area contributed by atoms with E-state index in [1.54, 1.807) is 12.2 Å². The molecule has 2 unspecified atom stereocenters. The smallest absolute Gasteiger partial charge is 0.0992 e. The third-order valence-electron chi connectivity index (χ3n) is 4.93. The Bertz CT molecular complexity index is 753. The molecule has 1 saturated heterocycles. The summed E-state index contributed by atoms with van der Waals surface area (Å²) in [6.07, 6.45) is 6.79. The first-order valence-electron chi connectivity index (χ1n) is 10.3. The van der Waals surface area contributed by atoms with E-state index in [2.05, 4.69) is 63.3 Å². The summed E-state index contributed by atoms with van der Waals surface area (Å²) in [5, 5.41) is 9.52. The molecule has 1 rings (SSSR count). The molecule has 4 heteroatoms. The number of rotatable bonds is 9. The zero-order valence-electron chi connectivity index (χ0n) is 19.1. The minimum Gasteiger partial charge on any atom is -0.373 e. The Labute approximate surface area is 177 Å². The van der Waals surface area contributed by atoms with Gasteiger partial charge in [0.25, 0.3) is 0 Å². The van der Waals surface area contributed by atoms with Crippen LogP contribution in [0.15, 0.2) is 71.8 Å². The highest BCUT2D eigenvalue weighted by atomic mass is 16.5. The van der Waals surface area contributed by atoms with Crippen LogP contribution in [0.5, 0.6) is 0 Å². The molecular formula is C25H37N3O. The van der Waals surface area contributed by atoms with E-state index in [0.29, 0.717) is 5.57 Å². The lowest BCUT2D eigenvalue weighted by Gasteiger charge is -2.39. The van der Waals surface area contributed by atoms with Crippen LogP contribution < -0.4 is 0 Å². The Balaban J connectivity index is 3.38. The second kappa shape index (κ2) is 11.6. The van der Waals surface area contributed by atoms with Gasteiger partial charge in [-0.1, -0.05) is 37.8 Å². The first-order valence-corrected chi connectivity index (χ1v) is 10.3. The fourth-order valence-electron chi connectivity index (χ4n) is 3.59. The second-order valence-corrected chi connectivity index (χ2v) is 7.91. The van der Waals surface area contributed by atoms with Gasteiger partial charge >= 0.3 is 0 Å². The van der Waals surface area contributed by atoms with Crippen molar-refractivity contribution in [3.8, 4) is 6.07 Å². The van der Waals surface area contributed by atoms with Crippen LogP contribution in [-0.2, 0) is 4.74 Å². The number of morpholine rings is 1. The zero-order chi connectivity index (χ0) is 22.1. The van der Waals surface area contributed by atoms with Crippen molar-refractivity contribution in [2.24, 2.45) is 0 Å². The average Bonchev–Trinajstić information content (AvgIpc) is 2.64. The van der Waals surface area contributed by atoms with Gasteiger partial charge in [0, 0.05) is 36.7 Å². The van der Waals surface area contributed by atoms with Crippen LogP contribution in [0, 0.1) is 11.3 Å². The van der Waals surface area contributed by atoms with E-state index in [-0.39, 0.29) is 12.2 Å². The summed E-state index contributed by atoms with van der Waals surface area (Å²) in [5.41, 5.74) is 5.61. The van der Waals surface area contributed by atoms with Crippen LogP contribution in [-0.4, -0.2) is 41.6 Å². The van der Waals surface area contributed by atoms with E-state index in [4.69, 9.17) is 4.74 Å². The van der Waals surface area contributed by atoms with E-state index in [1.807, 2.05) is 19.9 Å². The van der Waals surface area contributed by atoms with Crippen LogP contribution in [0.4, 0.5) is 0 Å². The van der Waals surface area contributed by atoms with Crippen LogP contribution in [0.2, 0.25) is 0 Å². The molecule has 0 spiro atoms. The number of ether oxygens (including phenoxy) is 1. The maximum Gasteiger partial charge on any atom is 0.0992 e. The minimum absolute atomic E-state index is 0.207. The van der Waals surface area contributed by atoms with Crippen LogP contribution in [0.1, 0.15) is 48.0 Å². The number of nitriles is 1. The van der Waals surface area contributed by atoms with Gasteiger partial charge in [-0.05, 0) is 59.3 Å². The van der Waals surface area contributed by atoms with Gasteiger partial charge in [-0.3, -0.25) is 4.90 Å². The van der Waals surface area contributed by atoms with Crippen molar-refractivity contribution < 1.29 is 4.74 Å². The quantitative estimate of drug-likeness (QED) is 0.370. The van der Waals surface area contributed by atoms with Gasteiger partial charge in [-0.25, -0.2) is 0 Å². The first kappa shape index (κ1) is 24.7. The summed E-state index contributed by atoms with van der Waals surface area (Å²) in [6, 6.07) is 2.25. The van der Waals surface area contributed by atoms with E-state index >= 15 is 0 Å². The molecule has 0 aromatic carbocycles. The van der Waals surface area contributed by atoms with E-state index in [9.17, 15) is 5.26 Å². The topological polar surface area (TPSA) is 39.5 Å². The Hall–Kier alpha value is -2.35. The SMILES string of the molecule is C=CC(=C)N(C(C)=CC(C#N)=CC(=C)C)C(CN1CC(C)OC(C)C1)=C(C)CC. The van der Waals surface area contributed by atoms with E-state index in [0.717, 1.165) is 43.0 Å². The van der Waals surface area contributed by atoms with Gasteiger partial charge in [0.1, 0.15) is 0 Å². The number of allylic oxidation sites excluding steroid dienone is 7. The number of hydrogen-bond acceptors (Lipinski definition) is 4. The largest absolute Gasteiger partial charge is 0.373 e. The molecule has 29 heavy (non-hydrogen) atoms. The summed E-state index contributed by atoms with van der Waals surface area (Å²) >= 11 is 0. The maximum atomic E-state index is 9.52. The summed E-state index contributed by atoms with van der Waals surface area (Å²) < 4.78 is 5.90. The highest BCUT2D eigenvalue weighted by Crippen LogP contribution is 2.27. The monoisotopic (exact) mass is 395 g/mol. The fraction of sp³-hybridized carbons (Fsp3) is 0.480. The van der Waals surface area contributed by atoms with Crippen LogP contribution in [0.3, 0.4) is 0 Å². The average molecular weight is 396 g/mol. The maximum absolute atomic E-state index is 9.52. The van der Waals surface area contributed by atoms with E-state index in [1.165, 1.54) is 11.3 Å². The Morgan fingerprint density at radius 1 is 1.17 bits per heavy atom. The van der Waals surface area contributed by atoms with Crippen molar-refractivity contribution in [2.75, 3.05) is 19.6 Å². The van der Waals surface area contributed by atoms with Crippen molar-refractivity contribution in [1.29, 1.82) is 5.26 Å². The molecule has 1 fully saturated rings. The molecule has 0 aromatic rings. The van der Waals surface area contributed by atoms with Gasteiger partial charge in [0.05, 0.1) is 23.9 Å². The zero-order valence-corrected chi connectivity index (χ0v) is 19.1. The molecule has 0 aliphatic carbocycles. The van der Waals surface area contributed by atoms with Crippen molar-refractivity contribution >= 4 is 0 Å². The third kappa shape index (κ3) is 7.53. The summed E-state index contributed by atoms with van der Waals surface area (Å²) in [5.74, 6) is 0. The molecule has 0 N–H and O–H groups in total. The molecule has 1 aliphatic heterocycles. The molecule has 4 nitrogen and oxygen atoms in total. The van der Waals surface area contributed by atoms with Crippen molar-refractivity contribution in [3.63, 3.8) is 0 Å². The molecule has 1 aliphatic rings. The Morgan fingerprint density at radius 2 is 1.76 bits per heavy atom. The second-order valence-electron chi connectivity index (χ2n) is 7.91. The van der Waals surface area contributed by atoms with Crippen molar-refractivity contribution in [3.05, 3.63) is 71.8 Å². The van der Waals surface area contributed by atoms with Crippen LogP contribution in [0.25, 0.3) is 0 Å². The van der Waals surface area contributed by atoms with Crippen molar-refractivity contribution in [1.82, 2.24) is 9.80 Å². The minimum atomic E-state index is 0.207. The highest BCUT2D eigenvalue weighted by Gasteiger charge is 2.25. The fourth-order valence-corrected chi connectivity index (χ4v) is 3.59. The highest BCUT2D eigenvalue weighted by molar-refractivity contribution is 5.42. The lowest BCUT2D eigenvalue weighted by atomic mass is 10.1. The molecule has 1 heterocycles. The van der Waals surface area contributed by atoms with Gasteiger partial charge < -0.3 is 9.64 Å². The summed E-state index contributed by atoms with van der Waals surface area (Å²) in [4.78, 5) is 4.55.